The molecule has 0 amide bonds. The maximum absolute atomic E-state index is 5.71. The van der Waals surface area contributed by atoms with E-state index in [1.54, 1.807) is 7.11 Å². The number of ether oxygens (including phenoxy) is 1. The second-order valence-electron chi connectivity index (χ2n) is 6.81. The molecular formula is C19H31NO. The van der Waals surface area contributed by atoms with E-state index >= 15 is 0 Å². The molecule has 3 unspecified atom stereocenters. The lowest BCUT2D eigenvalue weighted by molar-refractivity contribution is 0.338. The molecule has 21 heavy (non-hydrogen) atoms. The number of benzene rings is 1. The van der Waals surface area contributed by atoms with E-state index in [9.17, 15) is 0 Å². The largest absolute Gasteiger partial charge is 0.496 e. The van der Waals surface area contributed by atoms with Gasteiger partial charge in [0.2, 0.25) is 0 Å². The normalized spacial score (nSPS) is 23.3. The van der Waals surface area contributed by atoms with E-state index in [2.05, 4.69) is 45.1 Å². The van der Waals surface area contributed by atoms with Crippen molar-refractivity contribution >= 4 is 0 Å². The van der Waals surface area contributed by atoms with Gasteiger partial charge in [0.05, 0.1) is 7.11 Å². The Balaban J connectivity index is 2.36. The standard InChI is InChI=1S/C19H31NO/c1-6-9-20-19(16-8-7-13(2)11-16)18-15(4)10-14(3)12-17(18)21-5/h10,12-13,16,19-20H,6-9,11H2,1-5H3. The number of methoxy groups -OCH3 is 1. The van der Waals surface area contributed by atoms with E-state index in [4.69, 9.17) is 4.74 Å². The van der Waals surface area contributed by atoms with Crippen molar-refractivity contribution in [2.75, 3.05) is 13.7 Å². The molecule has 1 fully saturated rings. The van der Waals surface area contributed by atoms with Crippen LogP contribution in [-0.4, -0.2) is 13.7 Å². The number of rotatable bonds is 6. The van der Waals surface area contributed by atoms with Crippen molar-refractivity contribution in [1.29, 1.82) is 0 Å². The number of aryl methyl sites for hydroxylation is 2. The van der Waals surface area contributed by atoms with E-state index in [-0.39, 0.29) is 0 Å². The van der Waals surface area contributed by atoms with Gasteiger partial charge < -0.3 is 10.1 Å². The molecule has 0 radical (unpaired) electrons. The van der Waals surface area contributed by atoms with Crippen molar-refractivity contribution in [3.8, 4) is 5.75 Å². The Morgan fingerprint density at radius 3 is 2.62 bits per heavy atom. The Hall–Kier alpha value is -1.02. The highest BCUT2D eigenvalue weighted by molar-refractivity contribution is 5.45. The predicted octanol–water partition coefficient (Wildman–Crippen LogP) is 4.79. The second kappa shape index (κ2) is 7.31. The van der Waals surface area contributed by atoms with Crippen LogP contribution in [0.3, 0.4) is 0 Å². The number of hydrogen-bond acceptors (Lipinski definition) is 2. The predicted molar refractivity (Wildman–Crippen MR) is 90.0 cm³/mol. The molecular weight excluding hydrogens is 258 g/mol. The highest BCUT2D eigenvalue weighted by Crippen LogP contribution is 2.42. The van der Waals surface area contributed by atoms with Gasteiger partial charge >= 0.3 is 0 Å². The molecule has 1 saturated carbocycles. The summed E-state index contributed by atoms with van der Waals surface area (Å²) in [4.78, 5) is 0. The van der Waals surface area contributed by atoms with Crippen LogP contribution in [0.5, 0.6) is 5.75 Å². The molecule has 3 atom stereocenters. The van der Waals surface area contributed by atoms with Crippen LogP contribution in [0.25, 0.3) is 0 Å². The molecule has 0 aromatic heterocycles. The van der Waals surface area contributed by atoms with Gasteiger partial charge in [0.1, 0.15) is 5.75 Å². The maximum Gasteiger partial charge on any atom is 0.124 e. The molecule has 1 N–H and O–H groups in total. The average Bonchev–Trinajstić information content (AvgIpc) is 2.87. The van der Waals surface area contributed by atoms with E-state index < -0.39 is 0 Å². The summed E-state index contributed by atoms with van der Waals surface area (Å²) in [5.74, 6) is 2.65. The molecule has 2 heteroatoms. The first-order valence-electron chi connectivity index (χ1n) is 8.45. The molecule has 118 valence electrons. The van der Waals surface area contributed by atoms with Gasteiger partial charge in [-0.25, -0.2) is 0 Å². The van der Waals surface area contributed by atoms with E-state index in [0.717, 1.165) is 24.1 Å². The molecule has 2 nitrogen and oxygen atoms in total. The highest BCUT2D eigenvalue weighted by Gasteiger charge is 2.32. The Morgan fingerprint density at radius 2 is 2.05 bits per heavy atom. The van der Waals surface area contributed by atoms with Crippen LogP contribution >= 0.6 is 0 Å². The zero-order valence-electron chi connectivity index (χ0n) is 14.3. The topological polar surface area (TPSA) is 21.3 Å². The van der Waals surface area contributed by atoms with E-state index in [1.807, 2.05) is 0 Å². The fourth-order valence-corrected chi connectivity index (χ4v) is 3.87. The van der Waals surface area contributed by atoms with Crippen molar-refractivity contribution in [1.82, 2.24) is 5.32 Å². The van der Waals surface area contributed by atoms with Crippen LogP contribution in [0.2, 0.25) is 0 Å². The van der Waals surface area contributed by atoms with Crippen molar-refractivity contribution in [2.45, 2.75) is 59.4 Å². The summed E-state index contributed by atoms with van der Waals surface area (Å²) in [6.45, 7) is 10.1. The zero-order chi connectivity index (χ0) is 15.4. The smallest absolute Gasteiger partial charge is 0.124 e. The molecule has 1 aromatic rings. The summed E-state index contributed by atoms with van der Waals surface area (Å²) in [7, 11) is 1.80. The fraction of sp³-hybridized carbons (Fsp3) is 0.684. The van der Waals surface area contributed by atoms with Crippen molar-refractivity contribution < 1.29 is 4.74 Å². The Kier molecular flexibility index (Phi) is 5.69. The molecule has 1 aliphatic rings. The Morgan fingerprint density at radius 1 is 1.29 bits per heavy atom. The fourth-order valence-electron chi connectivity index (χ4n) is 3.87. The minimum Gasteiger partial charge on any atom is -0.496 e. The second-order valence-corrected chi connectivity index (χ2v) is 6.81. The average molecular weight is 289 g/mol. The molecule has 1 aromatic carbocycles. The van der Waals surface area contributed by atoms with Gasteiger partial charge in [-0.1, -0.05) is 26.3 Å². The van der Waals surface area contributed by atoms with Gasteiger partial charge in [0, 0.05) is 11.6 Å². The summed E-state index contributed by atoms with van der Waals surface area (Å²) >= 11 is 0. The third-order valence-corrected chi connectivity index (χ3v) is 4.85. The van der Waals surface area contributed by atoms with Gasteiger partial charge in [0.15, 0.2) is 0 Å². The quantitative estimate of drug-likeness (QED) is 0.813. The molecule has 0 spiro atoms. The van der Waals surface area contributed by atoms with E-state index in [1.165, 1.54) is 42.4 Å². The maximum atomic E-state index is 5.71. The molecule has 1 aliphatic carbocycles. The van der Waals surface area contributed by atoms with Gasteiger partial charge in [0.25, 0.3) is 0 Å². The minimum absolute atomic E-state index is 0.436. The van der Waals surface area contributed by atoms with Crippen LogP contribution in [-0.2, 0) is 0 Å². The van der Waals surface area contributed by atoms with Crippen LogP contribution in [0, 0.1) is 25.7 Å². The third kappa shape index (κ3) is 3.79. The van der Waals surface area contributed by atoms with E-state index in [0.29, 0.717) is 6.04 Å². The lowest BCUT2D eigenvalue weighted by atomic mass is 9.87. The lowest BCUT2D eigenvalue weighted by Gasteiger charge is -2.29. The first kappa shape index (κ1) is 16.4. The Labute approximate surface area is 130 Å². The molecule has 0 heterocycles. The molecule has 0 saturated heterocycles. The highest BCUT2D eigenvalue weighted by atomic mass is 16.5. The summed E-state index contributed by atoms with van der Waals surface area (Å²) < 4.78 is 5.71. The van der Waals surface area contributed by atoms with Gasteiger partial charge in [-0.2, -0.15) is 0 Å². The number of nitrogens with one attached hydrogen (secondary N) is 1. The summed E-state index contributed by atoms with van der Waals surface area (Å²) in [5, 5.41) is 3.80. The van der Waals surface area contributed by atoms with Crippen molar-refractivity contribution in [3.05, 3.63) is 28.8 Å². The first-order chi connectivity index (χ1) is 10.1. The first-order valence-corrected chi connectivity index (χ1v) is 8.45. The summed E-state index contributed by atoms with van der Waals surface area (Å²) in [5.41, 5.74) is 4.03. The van der Waals surface area contributed by atoms with Gasteiger partial charge in [-0.3, -0.25) is 0 Å². The summed E-state index contributed by atoms with van der Waals surface area (Å²) in [6, 6.07) is 4.91. The summed E-state index contributed by atoms with van der Waals surface area (Å²) in [6.07, 6.45) is 5.20. The number of hydrogen-bond donors (Lipinski definition) is 1. The van der Waals surface area contributed by atoms with Crippen LogP contribution in [0.4, 0.5) is 0 Å². The van der Waals surface area contributed by atoms with Crippen LogP contribution < -0.4 is 10.1 Å². The van der Waals surface area contributed by atoms with Crippen LogP contribution in [0.15, 0.2) is 12.1 Å². The van der Waals surface area contributed by atoms with Crippen molar-refractivity contribution in [3.63, 3.8) is 0 Å². The van der Waals surface area contributed by atoms with Crippen molar-refractivity contribution in [2.24, 2.45) is 11.8 Å². The lowest BCUT2D eigenvalue weighted by Crippen LogP contribution is -2.29. The molecule has 2 rings (SSSR count). The molecule has 0 bridgehead atoms. The van der Waals surface area contributed by atoms with Crippen LogP contribution in [0.1, 0.15) is 62.3 Å². The minimum atomic E-state index is 0.436. The van der Waals surface area contributed by atoms with Gasteiger partial charge in [-0.15, -0.1) is 0 Å². The molecule has 0 aliphatic heterocycles. The van der Waals surface area contributed by atoms with Gasteiger partial charge in [-0.05, 0) is 68.7 Å². The SMILES string of the molecule is CCCNC(c1c(C)cc(C)cc1OC)C1CCC(C)C1. The zero-order valence-corrected chi connectivity index (χ0v) is 14.3. The monoisotopic (exact) mass is 289 g/mol. The third-order valence-electron chi connectivity index (χ3n) is 4.85. The Bertz CT molecular complexity index is 469.